The highest BCUT2D eigenvalue weighted by Gasteiger charge is 2.20. The lowest BCUT2D eigenvalue weighted by Gasteiger charge is -2.24. The zero-order valence-corrected chi connectivity index (χ0v) is 13.9. The quantitative estimate of drug-likeness (QED) is 0.686. The molecule has 0 aliphatic heterocycles. The molecule has 0 aliphatic rings. The second kappa shape index (κ2) is 7.46. The van der Waals surface area contributed by atoms with Crippen molar-refractivity contribution in [2.24, 2.45) is 0 Å². The van der Waals surface area contributed by atoms with Crippen molar-refractivity contribution in [2.75, 3.05) is 0 Å². The third-order valence-corrected chi connectivity index (χ3v) is 5.35. The fourth-order valence-electron chi connectivity index (χ4n) is 2.02. The molecular weight excluding hydrogens is 308 g/mol. The molecule has 0 atom stereocenters. The molecule has 102 valence electrons. The van der Waals surface area contributed by atoms with E-state index in [4.69, 9.17) is 0 Å². The van der Waals surface area contributed by atoms with Gasteiger partial charge in [0.25, 0.3) is 0 Å². The van der Waals surface area contributed by atoms with Crippen molar-refractivity contribution in [2.45, 2.75) is 58.5 Å². The third kappa shape index (κ3) is 4.52. The topological polar surface area (TPSA) is 20.2 Å². The van der Waals surface area contributed by atoms with Crippen LogP contribution in [0.25, 0.3) is 5.57 Å². The maximum Gasteiger partial charge on any atom is 0.0645 e. The van der Waals surface area contributed by atoms with Crippen molar-refractivity contribution in [3.05, 3.63) is 26.9 Å². The van der Waals surface area contributed by atoms with E-state index in [0.29, 0.717) is 0 Å². The molecule has 0 aromatic carbocycles. The Hall–Kier alpha value is -0.120. The van der Waals surface area contributed by atoms with Crippen LogP contribution in [0, 0.1) is 0 Å². The minimum atomic E-state index is -0.481. The van der Waals surface area contributed by atoms with E-state index < -0.39 is 5.60 Å². The van der Waals surface area contributed by atoms with Gasteiger partial charge in [-0.05, 0) is 59.7 Å². The lowest BCUT2D eigenvalue weighted by atomic mass is 9.91. The highest BCUT2D eigenvalue weighted by molar-refractivity contribution is 9.10. The predicted molar refractivity (Wildman–Crippen MR) is 85.1 cm³/mol. The van der Waals surface area contributed by atoms with Crippen molar-refractivity contribution < 1.29 is 5.11 Å². The van der Waals surface area contributed by atoms with Crippen LogP contribution in [-0.4, -0.2) is 10.7 Å². The van der Waals surface area contributed by atoms with Crippen LogP contribution in [0.4, 0.5) is 0 Å². The summed E-state index contributed by atoms with van der Waals surface area (Å²) < 4.78 is 1.15. The molecular formula is C15H23BrOS. The summed E-state index contributed by atoms with van der Waals surface area (Å²) in [4.78, 5) is 1.33. The number of hydrogen-bond acceptors (Lipinski definition) is 2. The molecule has 1 aromatic heterocycles. The van der Waals surface area contributed by atoms with E-state index in [-0.39, 0.29) is 0 Å². The molecule has 0 amide bonds. The normalized spacial score (nSPS) is 13.1. The van der Waals surface area contributed by atoms with Crippen LogP contribution < -0.4 is 0 Å². The molecule has 0 radical (unpaired) electrons. The number of thiophene rings is 1. The smallest absolute Gasteiger partial charge is 0.0645 e. The highest BCUT2D eigenvalue weighted by atomic mass is 79.9. The van der Waals surface area contributed by atoms with E-state index in [2.05, 4.69) is 54.2 Å². The molecule has 18 heavy (non-hydrogen) atoms. The first kappa shape index (κ1) is 15.9. The molecule has 3 heteroatoms. The zero-order valence-electron chi connectivity index (χ0n) is 11.5. The van der Waals surface area contributed by atoms with Gasteiger partial charge in [0.05, 0.1) is 5.60 Å². The Bertz CT molecular complexity index is 391. The van der Waals surface area contributed by atoms with Crippen molar-refractivity contribution in [3.8, 4) is 0 Å². The Balaban J connectivity index is 2.64. The summed E-state index contributed by atoms with van der Waals surface area (Å²) in [5.41, 5.74) is 0.908. The van der Waals surface area contributed by atoms with Gasteiger partial charge in [-0.15, -0.1) is 11.3 Å². The van der Waals surface area contributed by atoms with E-state index in [0.717, 1.165) is 36.6 Å². The fourth-order valence-corrected chi connectivity index (χ4v) is 3.56. The number of aliphatic hydroxyl groups is 1. The molecule has 1 N–H and O–H groups in total. The first-order valence-corrected chi connectivity index (χ1v) is 8.37. The summed E-state index contributed by atoms with van der Waals surface area (Å²) in [6, 6.07) is 2.17. The first-order chi connectivity index (χ1) is 8.54. The average molecular weight is 331 g/mol. The molecule has 0 unspecified atom stereocenters. The fraction of sp³-hybridized carbons (Fsp3) is 0.600. The molecule has 1 nitrogen and oxygen atoms in total. The Labute approximate surface area is 123 Å². The van der Waals surface area contributed by atoms with Crippen LogP contribution in [-0.2, 0) is 0 Å². The Morgan fingerprint density at radius 1 is 1.39 bits per heavy atom. The summed E-state index contributed by atoms with van der Waals surface area (Å²) in [6.45, 7) is 6.31. The third-order valence-electron chi connectivity index (χ3n) is 3.58. The molecule has 0 saturated carbocycles. The second-order valence-corrected chi connectivity index (χ2v) is 6.51. The Morgan fingerprint density at radius 2 is 2.06 bits per heavy atom. The van der Waals surface area contributed by atoms with Crippen molar-refractivity contribution in [3.63, 3.8) is 0 Å². The van der Waals surface area contributed by atoms with Crippen LogP contribution >= 0.6 is 27.3 Å². The minimum absolute atomic E-state index is 0.481. The van der Waals surface area contributed by atoms with Gasteiger partial charge in [0.1, 0.15) is 0 Å². The van der Waals surface area contributed by atoms with Gasteiger partial charge in [-0.1, -0.05) is 26.8 Å². The van der Waals surface area contributed by atoms with Crippen LogP contribution in [0.15, 0.2) is 22.0 Å². The summed E-state index contributed by atoms with van der Waals surface area (Å²) in [7, 11) is 0. The lowest BCUT2D eigenvalue weighted by molar-refractivity contribution is 0.0246. The van der Waals surface area contributed by atoms with Gasteiger partial charge in [-0.25, -0.2) is 0 Å². The first-order valence-electron chi connectivity index (χ1n) is 6.70. The Kier molecular flexibility index (Phi) is 6.61. The Morgan fingerprint density at radius 3 is 2.50 bits per heavy atom. The largest absolute Gasteiger partial charge is 0.390 e. The molecule has 0 aliphatic carbocycles. The van der Waals surface area contributed by atoms with Crippen molar-refractivity contribution in [1.29, 1.82) is 0 Å². The van der Waals surface area contributed by atoms with Gasteiger partial charge in [0, 0.05) is 14.7 Å². The highest BCUT2D eigenvalue weighted by Crippen LogP contribution is 2.30. The van der Waals surface area contributed by atoms with Crippen LogP contribution in [0.2, 0.25) is 0 Å². The van der Waals surface area contributed by atoms with Crippen LogP contribution in [0.3, 0.4) is 0 Å². The van der Waals surface area contributed by atoms with Gasteiger partial charge < -0.3 is 5.11 Å². The minimum Gasteiger partial charge on any atom is -0.390 e. The lowest BCUT2D eigenvalue weighted by Crippen LogP contribution is -2.25. The summed E-state index contributed by atoms with van der Waals surface area (Å²) >= 11 is 5.27. The van der Waals surface area contributed by atoms with Crippen LogP contribution in [0.1, 0.15) is 57.8 Å². The summed E-state index contributed by atoms with van der Waals surface area (Å²) in [6.07, 6.45) is 6.82. The number of hydrogen-bond donors (Lipinski definition) is 1. The van der Waals surface area contributed by atoms with E-state index in [1.165, 1.54) is 10.5 Å². The molecule has 0 fully saturated rings. The van der Waals surface area contributed by atoms with E-state index in [1.54, 1.807) is 11.3 Å². The van der Waals surface area contributed by atoms with Gasteiger partial charge >= 0.3 is 0 Å². The molecule has 0 bridgehead atoms. The van der Waals surface area contributed by atoms with Gasteiger partial charge in [0.2, 0.25) is 0 Å². The molecule has 0 saturated heterocycles. The average Bonchev–Trinajstić information content (AvgIpc) is 2.81. The van der Waals surface area contributed by atoms with Gasteiger partial charge in [-0.3, -0.25) is 0 Å². The predicted octanol–water partition coefficient (Wildman–Crippen LogP) is 5.64. The van der Waals surface area contributed by atoms with Gasteiger partial charge in [-0.2, -0.15) is 0 Å². The van der Waals surface area contributed by atoms with E-state index in [9.17, 15) is 5.11 Å². The SMILES string of the molecule is CC/C(=C\CCC(O)(CC)CC)c1cc(Br)cs1. The van der Waals surface area contributed by atoms with Crippen molar-refractivity contribution >= 4 is 32.8 Å². The standard InChI is InChI=1S/C15H23BrOS/c1-4-12(14-10-13(16)11-18-14)8-7-9-15(17,5-2)6-3/h8,10-11,17H,4-7,9H2,1-3H3/b12-8+. The van der Waals surface area contributed by atoms with Crippen molar-refractivity contribution in [1.82, 2.24) is 0 Å². The van der Waals surface area contributed by atoms with Gasteiger partial charge in [0.15, 0.2) is 0 Å². The number of allylic oxidation sites excluding steroid dienone is 2. The molecule has 1 heterocycles. The molecule has 0 spiro atoms. The maximum atomic E-state index is 10.3. The number of halogens is 1. The zero-order chi connectivity index (χ0) is 13.6. The maximum absolute atomic E-state index is 10.3. The summed E-state index contributed by atoms with van der Waals surface area (Å²) in [5, 5.41) is 12.4. The molecule has 1 aromatic rings. The van der Waals surface area contributed by atoms with Crippen LogP contribution in [0.5, 0.6) is 0 Å². The summed E-state index contributed by atoms with van der Waals surface area (Å²) in [5.74, 6) is 0. The van der Waals surface area contributed by atoms with E-state index in [1.807, 2.05) is 0 Å². The second-order valence-electron chi connectivity index (χ2n) is 4.68. The number of rotatable bonds is 7. The monoisotopic (exact) mass is 330 g/mol. The molecule has 1 rings (SSSR count). The van der Waals surface area contributed by atoms with E-state index >= 15 is 0 Å².